The lowest BCUT2D eigenvalue weighted by atomic mass is 9.79. The molecule has 0 amide bonds. The van der Waals surface area contributed by atoms with E-state index in [9.17, 15) is 23.3 Å². The summed E-state index contributed by atoms with van der Waals surface area (Å²) in [6.45, 7) is 1.18. The van der Waals surface area contributed by atoms with Crippen LogP contribution < -0.4 is 0 Å². The van der Waals surface area contributed by atoms with E-state index in [4.69, 9.17) is 24.0 Å². The van der Waals surface area contributed by atoms with Crippen molar-refractivity contribution in [3.63, 3.8) is 0 Å². The van der Waals surface area contributed by atoms with Crippen molar-refractivity contribution in [1.82, 2.24) is 0 Å². The van der Waals surface area contributed by atoms with E-state index >= 15 is 13.2 Å². The largest absolute Gasteiger partial charge is 0.397 e. The van der Waals surface area contributed by atoms with Gasteiger partial charge in [0.2, 0.25) is 6.04 Å². The quantitative estimate of drug-likeness (QED) is 0.0629. The van der Waals surface area contributed by atoms with Gasteiger partial charge in [0.15, 0.2) is 12.3 Å². The Bertz CT molecular complexity index is 976. The standard InChI is InChI=1S/C34H53F6NO7/c35-29-28(34(38,39)40)32(47-24-13-11-23(12-14-24)20-46-45-19-22-9-5-2-6-10-22)31(37)33(30(29)36)48-25-15-16-26(41(42)43)27(17-25)44-18-21-7-3-1-4-8-21/h21-33H,1-20H2. The minimum Gasteiger partial charge on any atom is -0.371 e. The van der Waals surface area contributed by atoms with Gasteiger partial charge in [-0.1, -0.05) is 38.5 Å². The van der Waals surface area contributed by atoms with Crippen molar-refractivity contribution in [1.29, 1.82) is 0 Å². The lowest BCUT2D eigenvalue weighted by Gasteiger charge is -2.46. The van der Waals surface area contributed by atoms with Crippen molar-refractivity contribution >= 4 is 0 Å². The molecular formula is C34H53F6NO7. The van der Waals surface area contributed by atoms with Crippen LogP contribution in [0.4, 0.5) is 26.3 Å². The van der Waals surface area contributed by atoms with Gasteiger partial charge < -0.3 is 14.2 Å². The second-order valence-electron chi connectivity index (χ2n) is 15.0. The van der Waals surface area contributed by atoms with Crippen LogP contribution in [0.15, 0.2) is 0 Å². The third-order valence-corrected chi connectivity index (χ3v) is 11.5. The van der Waals surface area contributed by atoms with E-state index in [0.717, 1.165) is 44.9 Å². The summed E-state index contributed by atoms with van der Waals surface area (Å²) in [5.74, 6) is -2.15. The topological polar surface area (TPSA) is 89.3 Å². The first-order valence-electron chi connectivity index (χ1n) is 18.3. The Hall–Kier alpha value is -1.22. The van der Waals surface area contributed by atoms with E-state index in [0.29, 0.717) is 51.4 Å². The van der Waals surface area contributed by atoms with Crippen molar-refractivity contribution in [3.8, 4) is 0 Å². The smallest absolute Gasteiger partial charge is 0.371 e. The molecular weight excluding hydrogens is 648 g/mol. The van der Waals surface area contributed by atoms with Crippen molar-refractivity contribution in [2.75, 3.05) is 19.8 Å². The number of nitro groups is 1. The maximum Gasteiger partial charge on any atom is 0.397 e. The molecule has 0 aromatic carbocycles. The summed E-state index contributed by atoms with van der Waals surface area (Å²) in [6, 6.07) is -1.04. The molecule has 5 aliphatic carbocycles. The number of rotatable bonds is 13. The molecule has 8 nitrogen and oxygen atoms in total. The van der Waals surface area contributed by atoms with Crippen LogP contribution in [0, 0.1) is 33.8 Å². The number of alkyl halides is 6. The Balaban J connectivity index is 1.15. The maximum atomic E-state index is 16.0. The molecule has 0 saturated heterocycles. The lowest BCUT2D eigenvalue weighted by Crippen LogP contribution is -2.63. The molecule has 0 spiro atoms. The van der Waals surface area contributed by atoms with E-state index < -0.39 is 72.1 Å². The molecule has 0 heterocycles. The molecule has 9 atom stereocenters. The lowest BCUT2D eigenvalue weighted by molar-refractivity contribution is -0.540. The molecule has 5 fully saturated rings. The molecule has 0 radical (unpaired) electrons. The monoisotopic (exact) mass is 701 g/mol. The van der Waals surface area contributed by atoms with E-state index in [1.165, 1.54) is 19.3 Å². The number of hydrogen-bond donors (Lipinski definition) is 0. The number of halogens is 6. The molecule has 14 heteroatoms. The fourth-order valence-electron chi connectivity index (χ4n) is 8.55. The summed E-state index contributed by atoms with van der Waals surface area (Å²) in [5.41, 5.74) is 0. The van der Waals surface area contributed by atoms with Crippen molar-refractivity contribution < 1.29 is 55.3 Å². The van der Waals surface area contributed by atoms with Gasteiger partial charge in [0.1, 0.15) is 30.4 Å². The predicted octanol–water partition coefficient (Wildman–Crippen LogP) is 8.21. The molecule has 5 aliphatic rings. The van der Waals surface area contributed by atoms with E-state index in [2.05, 4.69) is 0 Å². The van der Waals surface area contributed by atoms with Gasteiger partial charge in [-0.25, -0.2) is 22.9 Å². The van der Waals surface area contributed by atoms with Crippen LogP contribution in [0.2, 0.25) is 0 Å². The highest BCUT2D eigenvalue weighted by molar-refractivity contribution is 5.04. The summed E-state index contributed by atoms with van der Waals surface area (Å²) in [6.07, 6.45) is -8.11. The minimum atomic E-state index is -5.24. The van der Waals surface area contributed by atoms with Crippen LogP contribution in [0.1, 0.15) is 109 Å². The minimum absolute atomic E-state index is 0.0103. The Labute approximate surface area is 279 Å². The number of ether oxygens (including phenoxy) is 3. The molecule has 5 saturated carbocycles. The summed E-state index contributed by atoms with van der Waals surface area (Å²) >= 11 is 0. The fraction of sp³-hybridized carbons (Fsp3) is 1.00. The second kappa shape index (κ2) is 17.8. The average Bonchev–Trinajstić information content (AvgIpc) is 3.07. The third-order valence-electron chi connectivity index (χ3n) is 11.5. The molecule has 0 aliphatic heterocycles. The van der Waals surface area contributed by atoms with E-state index in [-0.39, 0.29) is 31.1 Å². The molecule has 5 rings (SSSR count). The first-order valence-corrected chi connectivity index (χ1v) is 18.3. The van der Waals surface area contributed by atoms with Gasteiger partial charge >= 0.3 is 6.18 Å². The van der Waals surface area contributed by atoms with Gasteiger partial charge in [-0.2, -0.15) is 13.2 Å². The molecule has 9 unspecified atom stereocenters. The SMILES string of the molecule is O=[N+]([O-])C1CCC(OC2C(F)C(F)C(C(F)(F)F)C(OC3CCC(COOCC4CCCCC4)CC3)C2F)CC1OCC1CCCCC1. The fourth-order valence-corrected chi connectivity index (χ4v) is 8.55. The summed E-state index contributed by atoms with van der Waals surface area (Å²) in [4.78, 5) is 22.1. The number of hydrogen-bond acceptors (Lipinski definition) is 7. The van der Waals surface area contributed by atoms with E-state index in [1.807, 2.05) is 0 Å². The zero-order valence-electron chi connectivity index (χ0n) is 27.7. The molecule has 0 N–H and O–H groups in total. The van der Waals surface area contributed by atoms with Crippen LogP contribution >= 0.6 is 0 Å². The molecule has 0 aromatic heterocycles. The van der Waals surface area contributed by atoms with Crippen LogP contribution in [0.3, 0.4) is 0 Å². The van der Waals surface area contributed by atoms with Crippen LogP contribution in [-0.4, -0.2) is 86.0 Å². The summed E-state index contributed by atoms with van der Waals surface area (Å²) < 4.78 is 106. The first-order chi connectivity index (χ1) is 23.0. The first kappa shape index (κ1) is 38.0. The maximum absolute atomic E-state index is 16.0. The van der Waals surface area contributed by atoms with Gasteiger partial charge in [0.25, 0.3) is 0 Å². The van der Waals surface area contributed by atoms with Crippen LogP contribution in [-0.2, 0) is 24.0 Å². The van der Waals surface area contributed by atoms with Crippen LogP contribution in [0.25, 0.3) is 0 Å². The van der Waals surface area contributed by atoms with Gasteiger partial charge in [-0.3, -0.25) is 10.1 Å². The zero-order valence-corrected chi connectivity index (χ0v) is 27.7. The van der Waals surface area contributed by atoms with Gasteiger partial charge in [-0.15, -0.1) is 0 Å². The molecule has 278 valence electrons. The zero-order chi connectivity index (χ0) is 34.3. The highest BCUT2D eigenvalue weighted by Gasteiger charge is 2.63. The predicted molar refractivity (Wildman–Crippen MR) is 163 cm³/mol. The second-order valence-corrected chi connectivity index (χ2v) is 15.0. The van der Waals surface area contributed by atoms with Gasteiger partial charge in [0, 0.05) is 17.8 Å². The van der Waals surface area contributed by atoms with Crippen molar-refractivity contribution in [3.05, 3.63) is 10.1 Å². The Morgan fingerprint density at radius 3 is 1.69 bits per heavy atom. The van der Waals surface area contributed by atoms with E-state index in [1.54, 1.807) is 0 Å². The highest BCUT2D eigenvalue weighted by Crippen LogP contribution is 2.46. The Morgan fingerprint density at radius 2 is 1.12 bits per heavy atom. The molecule has 48 heavy (non-hydrogen) atoms. The third kappa shape index (κ3) is 10.2. The summed E-state index contributed by atoms with van der Waals surface area (Å²) in [5, 5.41) is 11.7. The summed E-state index contributed by atoms with van der Waals surface area (Å²) in [7, 11) is 0. The number of nitrogens with zero attached hydrogens (tertiary/aromatic N) is 1. The molecule has 0 bridgehead atoms. The normalized spacial score (nSPS) is 39.3. The Kier molecular flexibility index (Phi) is 14.1. The van der Waals surface area contributed by atoms with Gasteiger partial charge in [-0.05, 0) is 75.5 Å². The Morgan fingerprint density at radius 1 is 0.604 bits per heavy atom. The molecule has 0 aromatic rings. The van der Waals surface area contributed by atoms with Crippen LogP contribution in [0.5, 0.6) is 0 Å². The highest BCUT2D eigenvalue weighted by atomic mass is 19.4. The van der Waals surface area contributed by atoms with Gasteiger partial charge in [0.05, 0.1) is 32.0 Å². The van der Waals surface area contributed by atoms with Crippen molar-refractivity contribution in [2.24, 2.45) is 23.7 Å². The van der Waals surface area contributed by atoms with Crippen molar-refractivity contribution in [2.45, 2.75) is 170 Å². The average molecular weight is 702 g/mol.